The first-order valence-corrected chi connectivity index (χ1v) is 12.4. The van der Waals surface area contributed by atoms with E-state index in [0.717, 1.165) is 26.4 Å². The number of aryl methyl sites for hydroxylation is 1. The van der Waals surface area contributed by atoms with Crippen LogP contribution in [-0.4, -0.2) is 25.1 Å². The summed E-state index contributed by atoms with van der Waals surface area (Å²) in [5.41, 5.74) is 3.45. The first-order chi connectivity index (χ1) is 14.9. The Labute approximate surface area is 185 Å². The first kappa shape index (κ1) is 21.2. The molecular weight excluding hydrogens is 428 g/mol. The number of hydrogen-bond acceptors (Lipinski definition) is 5. The molecule has 0 unspecified atom stereocenters. The Balaban J connectivity index is 1.42. The fourth-order valence-corrected chi connectivity index (χ4v) is 5.58. The molecule has 0 atom stereocenters. The van der Waals surface area contributed by atoms with Gasteiger partial charge in [0.1, 0.15) is 5.01 Å². The van der Waals surface area contributed by atoms with Crippen LogP contribution < -0.4 is 5.32 Å². The molecule has 4 aromatic rings. The third-order valence-electron chi connectivity index (χ3n) is 4.92. The van der Waals surface area contributed by atoms with E-state index < -0.39 is 9.84 Å². The molecule has 0 aliphatic carbocycles. The maximum Gasteiger partial charge on any atom is 0.224 e. The lowest BCUT2D eigenvalue weighted by Gasteiger charge is -2.09. The highest BCUT2D eigenvalue weighted by Gasteiger charge is 2.16. The summed E-state index contributed by atoms with van der Waals surface area (Å²) in [6, 6.07) is 22.2. The van der Waals surface area contributed by atoms with Gasteiger partial charge in [0.2, 0.25) is 5.91 Å². The number of benzene rings is 3. The minimum absolute atomic E-state index is 0.0665. The Bertz CT molecular complexity index is 1290. The zero-order chi connectivity index (χ0) is 21.8. The number of thiazole rings is 1. The van der Waals surface area contributed by atoms with Gasteiger partial charge in [0.15, 0.2) is 9.84 Å². The van der Waals surface area contributed by atoms with Gasteiger partial charge in [-0.05, 0) is 49.7 Å². The van der Waals surface area contributed by atoms with Crippen LogP contribution in [0.15, 0.2) is 77.7 Å². The van der Waals surface area contributed by atoms with Gasteiger partial charge in [0.25, 0.3) is 0 Å². The second-order valence-electron chi connectivity index (χ2n) is 7.32. The molecule has 31 heavy (non-hydrogen) atoms. The summed E-state index contributed by atoms with van der Waals surface area (Å²) in [5, 5.41) is 3.75. The fourth-order valence-electron chi connectivity index (χ4n) is 3.26. The zero-order valence-corrected chi connectivity index (χ0v) is 18.7. The second kappa shape index (κ2) is 8.99. The number of para-hydroxylation sites is 2. The van der Waals surface area contributed by atoms with E-state index in [9.17, 15) is 13.2 Å². The van der Waals surface area contributed by atoms with Gasteiger partial charge in [0.05, 0.1) is 26.6 Å². The molecule has 0 fully saturated rings. The average Bonchev–Trinajstić information content (AvgIpc) is 3.18. The summed E-state index contributed by atoms with van der Waals surface area (Å²) in [4.78, 5) is 17.5. The van der Waals surface area contributed by atoms with Crippen LogP contribution in [0.1, 0.15) is 18.4 Å². The summed E-state index contributed by atoms with van der Waals surface area (Å²) in [5.74, 6) is -0.282. The van der Waals surface area contributed by atoms with Gasteiger partial charge in [-0.3, -0.25) is 4.79 Å². The second-order valence-corrected chi connectivity index (χ2v) is 10.5. The van der Waals surface area contributed by atoms with E-state index in [0.29, 0.717) is 10.6 Å². The van der Waals surface area contributed by atoms with Crippen LogP contribution in [0.4, 0.5) is 5.69 Å². The molecule has 1 aromatic heterocycles. The predicted octanol–water partition coefficient (Wildman–Crippen LogP) is 5.46. The van der Waals surface area contributed by atoms with Crippen molar-refractivity contribution in [3.05, 3.63) is 78.4 Å². The maximum atomic E-state index is 12.5. The average molecular weight is 451 g/mol. The van der Waals surface area contributed by atoms with Gasteiger partial charge in [-0.15, -0.1) is 11.3 Å². The Kier molecular flexibility index (Phi) is 6.15. The minimum atomic E-state index is -3.40. The molecule has 1 amide bonds. The van der Waals surface area contributed by atoms with Gasteiger partial charge in [-0.2, -0.15) is 0 Å². The number of nitrogens with zero attached hydrogens (tertiary/aromatic N) is 1. The van der Waals surface area contributed by atoms with Crippen molar-refractivity contribution in [2.75, 3.05) is 11.1 Å². The number of aromatic nitrogens is 1. The lowest BCUT2D eigenvalue weighted by atomic mass is 10.1. The van der Waals surface area contributed by atoms with E-state index in [1.165, 1.54) is 0 Å². The molecule has 0 bridgehead atoms. The Morgan fingerprint density at radius 2 is 1.68 bits per heavy atom. The van der Waals surface area contributed by atoms with E-state index in [-0.39, 0.29) is 24.5 Å². The highest BCUT2D eigenvalue weighted by molar-refractivity contribution is 7.91. The van der Waals surface area contributed by atoms with Crippen molar-refractivity contribution in [3.63, 3.8) is 0 Å². The number of fused-ring (bicyclic) bond motifs is 1. The van der Waals surface area contributed by atoms with Crippen molar-refractivity contribution in [1.82, 2.24) is 4.98 Å². The summed E-state index contributed by atoms with van der Waals surface area (Å²) in [7, 11) is -3.40. The van der Waals surface area contributed by atoms with Gasteiger partial charge in [-0.1, -0.05) is 42.0 Å². The molecule has 5 nitrogen and oxygen atoms in total. The van der Waals surface area contributed by atoms with Crippen molar-refractivity contribution >= 4 is 43.0 Å². The van der Waals surface area contributed by atoms with Gasteiger partial charge in [-0.25, -0.2) is 13.4 Å². The lowest BCUT2D eigenvalue weighted by Crippen LogP contribution is -2.15. The normalized spacial score (nSPS) is 11.5. The van der Waals surface area contributed by atoms with E-state index in [4.69, 9.17) is 0 Å². The molecule has 3 aromatic carbocycles. The number of carbonyl (C=O) groups is 1. The van der Waals surface area contributed by atoms with E-state index in [1.54, 1.807) is 35.6 Å². The number of amides is 1. The first-order valence-electron chi connectivity index (χ1n) is 9.97. The molecule has 0 saturated heterocycles. The summed E-state index contributed by atoms with van der Waals surface area (Å²) in [6.07, 6.45) is 0.380. The van der Waals surface area contributed by atoms with Gasteiger partial charge < -0.3 is 5.32 Å². The van der Waals surface area contributed by atoms with Gasteiger partial charge >= 0.3 is 0 Å². The molecule has 4 rings (SSSR count). The standard InChI is InChI=1S/C24H22N2O3S2/c1-17-12-14-18(15-13-17)31(28,29)16-6-11-23(27)25-20-8-3-2-7-19(20)24-26-21-9-4-5-10-22(21)30-24/h2-5,7-10,12-15H,6,11,16H2,1H3,(H,25,27). The highest BCUT2D eigenvalue weighted by atomic mass is 32.2. The number of rotatable bonds is 7. The lowest BCUT2D eigenvalue weighted by molar-refractivity contribution is -0.116. The van der Waals surface area contributed by atoms with E-state index in [1.807, 2.05) is 55.5 Å². The van der Waals surface area contributed by atoms with Crippen LogP contribution >= 0.6 is 11.3 Å². The summed E-state index contributed by atoms with van der Waals surface area (Å²) in [6.45, 7) is 1.91. The Hall–Kier alpha value is -3.03. The number of nitrogens with one attached hydrogen (secondary N) is 1. The SMILES string of the molecule is Cc1ccc(S(=O)(=O)CCCC(=O)Nc2ccccc2-c2nc3ccccc3s2)cc1. The molecule has 1 N–H and O–H groups in total. The van der Waals surface area contributed by atoms with Crippen LogP contribution in [0, 0.1) is 6.92 Å². The molecule has 1 heterocycles. The van der Waals surface area contributed by atoms with Gasteiger partial charge in [0, 0.05) is 12.0 Å². The molecule has 0 aliphatic heterocycles. The van der Waals surface area contributed by atoms with Crippen molar-refractivity contribution < 1.29 is 13.2 Å². The molecule has 0 aliphatic rings. The number of anilines is 1. The molecule has 158 valence electrons. The van der Waals surface area contributed by atoms with E-state index in [2.05, 4.69) is 10.3 Å². The zero-order valence-electron chi connectivity index (χ0n) is 17.0. The predicted molar refractivity (Wildman–Crippen MR) is 126 cm³/mol. The highest BCUT2D eigenvalue weighted by Crippen LogP contribution is 2.34. The molecule has 7 heteroatoms. The van der Waals surface area contributed by atoms with Crippen molar-refractivity contribution in [3.8, 4) is 10.6 Å². The van der Waals surface area contributed by atoms with Crippen molar-refractivity contribution in [2.45, 2.75) is 24.7 Å². The monoisotopic (exact) mass is 450 g/mol. The third kappa shape index (κ3) is 5.00. The third-order valence-corrected chi connectivity index (χ3v) is 7.81. The summed E-state index contributed by atoms with van der Waals surface area (Å²) >= 11 is 1.57. The largest absolute Gasteiger partial charge is 0.325 e. The van der Waals surface area contributed by atoms with Crippen LogP contribution in [0.3, 0.4) is 0 Å². The van der Waals surface area contributed by atoms with Crippen LogP contribution in [0.5, 0.6) is 0 Å². The van der Waals surface area contributed by atoms with Crippen LogP contribution in [0.25, 0.3) is 20.8 Å². The molecular formula is C24H22N2O3S2. The fraction of sp³-hybridized carbons (Fsp3) is 0.167. The smallest absolute Gasteiger partial charge is 0.224 e. The maximum absolute atomic E-state index is 12.5. The molecule has 0 radical (unpaired) electrons. The Morgan fingerprint density at radius 3 is 2.45 bits per heavy atom. The summed E-state index contributed by atoms with van der Waals surface area (Å²) < 4.78 is 26.0. The minimum Gasteiger partial charge on any atom is -0.325 e. The number of sulfone groups is 1. The molecule has 0 spiro atoms. The quantitative estimate of drug-likeness (QED) is 0.405. The number of hydrogen-bond donors (Lipinski definition) is 1. The van der Waals surface area contributed by atoms with Crippen molar-refractivity contribution in [1.29, 1.82) is 0 Å². The van der Waals surface area contributed by atoms with E-state index >= 15 is 0 Å². The topological polar surface area (TPSA) is 76.1 Å². The molecule has 0 saturated carbocycles. The number of carbonyl (C=O) groups excluding carboxylic acids is 1. The van der Waals surface area contributed by atoms with Crippen LogP contribution in [0.2, 0.25) is 0 Å². The Morgan fingerprint density at radius 1 is 0.968 bits per heavy atom. The van der Waals surface area contributed by atoms with Crippen molar-refractivity contribution in [2.24, 2.45) is 0 Å². The van der Waals surface area contributed by atoms with Crippen LogP contribution in [-0.2, 0) is 14.6 Å².